The van der Waals surface area contributed by atoms with Crippen LogP contribution in [0.1, 0.15) is 49.9 Å². The van der Waals surface area contributed by atoms with E-state index in [2.05, 4.69) is 5.32 Å². The van der Waals surface area contributed by atoms with Crippen LogP contribution in [0.4, 0.5) is 0 Å². The lowest BCUT2D eigenvalue weighted by atomic mass is 10.0. The summed E-state index contributed by atoms with van der Waals surface area (Å²) in [4.78, 5) is 24.2. The molecule has 3 N–H and O–H groups in total. The van der Waals surface area contributed by atoms with E-state index < -0.39 is 0 Å². The highest BCUT2D eigenvalue weighted by atomic mass is 16.1. The molecule has 0 fully saturated rings. The number of nitrogens with two attached hydrogens (primary N) is 1. The number of nitrogens with one attached hydrogen (secondary N) is 1. The van der Waals surface area contributed by atoms with Crippen molar-refractivity contribution in [2.75, 3.05) is 0 Å². The van der Waals surface area contributed by atoms with Gasteiger partial charge in [-0.2, -0.15) is 0 Å². The van der Waals surface area contributed by atoms with E-state index in [1.165, 1.54) is 6.08 Å². The van der Waals surface area contributed by atoms with Crippen molar-refractivity contribution in [3.8, 4) is 11.1 Å². The number of hydrogen-bond acceptors (Lipinski definition) is 3. The minimum atomic E-state index is -0.223. The molecule has 1 aliphatic carbocycles. The quantitative estimate of drug-likeness (QED) is 0.303. The molecule has 0 aliphatic heterocycles. The van der Waals surface area contributed by atoms with E-state index in [-0.39, 0.29) is 11.7 Å². The lowest BCUT2D eigenvalue weighted by Gasteiger charge is -2.11. The zero-order valence-electron chi connectivity index (χ0n) is 18.9. The zero-order valence-corrected chi connectivity index (χ0v) is 18.9. The molecule has 4 nitrogen and oxygen atoms in total. The van der Waals surface area contributed by atoms with Gasteiger partial charge >= 0.3 is 0 Å². The summed E-state index contributed by atoms with van der Waals surface area (Å²) in [5.74, 6) is -0.119. The van der Waals surface area contributed by atoms with Crippen LogP contribution in [0.15, 0.2) is 102 Å². The highest BCUT2D eigenvalue weighted by molar-refractivity contribution is 5.96. The van der Waals surface area contributed by atoms with E-state index in [4.69, 9.17) is 5.73 Å². The summed E-state index contributed by atoms with van der Waals surface area (Å²) in [6, 6.07) is 17.8. The number of amides is 1. The van der Waals surface area contributed by atoms with Crippen molar-refractivity contribution in [1.29, 1.82) is 0 Å². The van der Waals surface area contributed by atoms with Crippen molar-refractivity contribution in [3.05, 3.63) is 108 Å². The monoisotopic (exact) mass is 428 g/mol. The number of allylic oxidation sites excluding steroid dienone is 6. The molecule has 0 bridgehead atoms. The van der Waals surface area contributed by atoms with Gasteiger partial charge in [-0.1, -0.05) is 92.7 Å². The van der Waals surface area contributed by atoms with Gasteiger partial charge in [-0.3, -0.25) is 9.59 Å². The van der Waals surface area contributed by atoms with Gasteiger partial charge in [0, 0.05) is 23.8 Å². The van der Waals surface area contributed by atoms with Crippen molar-refractivity contribution in [3.63, 3.8) is 0 Å². The predicted octanol–water partition coefficient (Wildman–Crippen LogP) is 6.09. The van der Waals surface area contributed by atoms with Gasteiger partial charge < -0.3 is 11.1 Å². The molecule has 4 heteroatoms. The smallest absolute Gasteiger partial charge is 0.248 e. The van der Waals surface area contributed by atoms with E-state index in [1.807, 2.05) is 86.7 Å². The summed E-state index contributed by atoms with van der Waals surface area (Å²) < 4.78 is 0. The van der Waals surface area contributed by atoms with E-state index in [1.54, 1.807) is 12.2 Å². The Kier molecular flexibility index (Phi) is 10.5. The summed E-state index contributed by atoms with van der Waals surface area (Å²) in [6.45, 7) is 4.00. The maximum absolute atomic E-state index is 12.3. The summed E-state index contributed by atoms with van der Waals surface area (Å²) in [5.41, 5.74) is 10.2. The van der Waals surface area contributed by atoms with Crippen LogP contribution in [0.5, 0.6) is 0 Å². The molecule has 0 saturated carbocycles. The standard InChI is InChI=1S/C26H26N2O2.C2H6/c27-23-12-8-9-13-24(23)28-26(30)15-7-2-1-6-14-25(29)22-18-16-21(17-19-22)20-10-4-3-5-11-20;1-2/h1-5,7,9-11,13,15-19H,6,8,12,14,27H2,(H,28,30);1-2H3/b2-1+,15-7+;. The van der Waals surface area contributed by atoms with E-state index in [0.717, 1.165) is 24.0 Å². The van der Waals surface area contributed by atoms with Crippen LogP contribution in [0.3, 0.4) is 0 Å². The fourth-order valence-electron chi connectivity index (χ4n) is 3.13. The van der Waals surface area contributed by atoms with Crippen molar-refractivity contribution in [2.24, 2.45) is 5.73 Å². The molecule has 32 heavy (non-hydrogen) atoms. The number of carbonyl (C=O) groups excluding carboxylic acids is 2. The molecule has 2 aromatic rings. The molecule has 0 saturated heterocycles. The average Bonchev–Trinajstić information content (AvgIpc) is 2.84. The van der Waals surface area contributed by atoms with Gasteiger partial charge in [0.25, 0.3) is 0 Å². The summed E-state index contributed by atoms with van der Waals surface area (Å²) in [7, 11) is 0. The number of carbonyl (C=O) groups is 2. The van der Waals surface area contributed by atoms with Crippen LogP contribution in [-0.4, -0.2) is 11.7 Å². The molecule has 0 heterocycles. The molecule has 166 valence electrons. The first-order valence-corrected chi connectivity index (χ1v) is 11.1. The van der Waals surface area contributed by atoms with Crippen LogP contribution >= 0.6 is 0 Å². The Morgan fingerprint density at radius 1 is 0.969 bits per heavy atom. The highest BCUT2D eigenvalue weighted by Crippen LogP contribution is 2.20. The van der Waals surface area contributed by atoms with Crippen molar-refractivity contribution in [1.82, 2.24) is 5.32 Å². The fourth-order valence-corrected chi connectivity index (χ4v) is 3.13. The minimum Gasteiger partial charge on any atom is -0.400 e. The second-order valence-electron chi connectivity index (χ2n) is 7.06. The molecule has 0 atom stereocenters. The Morgan fingerprint density at radius 2 is 1.66 bits per heavy atom. The molecule has 3 rings (SSSR count). The topological polar surface area (TPSA) is 72.2 Å². The zero-order chi connectivity index (χ0) is 23.2. The van der Waals surface area contributed by atoms with Crippen LogP contribution in [0.2, 0.25) is 0 Å². The average molecular weight is 429 g/mol. The van der Waals surface area contributed by atoms with Gasteiger partial charge in [0.15, 0.2) is 5.78 Å². The van der Waals surface area contributed by atoms with Crippen LogP contribution < -0.4 is 11.1 Å². The largest absolute Gasteiger partial charge is 0.400 e. The van der Waals surface area contributed by atoms with Crippen molar-refractivity contribution < 1.29 is 9.59 Å². The van der Waals surface area contributed by atoms with Crippen molar-refractivity contribution >= 4 is 11.7 Å². The molecular formula is C28H32N2O2. The van der Waals surface area contributed by atoms with Gasteiger partial charge in [0.05, 0.1) is 5.70 Å². The number of Topliss-reactive ketones (excluding diaryl/α,β-unsaturated/α-hetero) is 1. The third kappa shape index (κ3) is 7.88. The normalized spacial score (nSPS) is 13.2. The van der Waals surface area contributed by atoms with Gasteiger partial charge in [-0.25, -0.2) is 0 Å². The molecule has 1 aliphatic rings. The van der Waals surface area contributed by atoms with E-state index >= 15 is 0 Å². The number of rotatable bonds is 8. The molecule has 0 spiro atoms. The first-order valence-electron chi connectivity index (χ1n) is 11.1. The maximum atomic E-state index is 12.3. The molecule has 0 unspecified atom stereocenters. The summed E-state index contributed by atoms with van der Waals surface area (Å²) in [5, 5.41) is 2.77. The Labute approximate surface area is 191 Å². The molecule has 0 radical (unpaired) electrons. The second kappa shape index (κ2) is 13.6. The third-order valence-electron chi connectivity index (χ3n) is 4.82. The number of benzene rings is 2. The number of hydrogen-bond donors (Lipinski definition) is 2. The molecule has 1 amide bonds. The Hall–Kier alpha value is -3.66. The lowest BCUT2D eigenvalue weighted by molar-refractivity contribution is -0.115. The third-order valence-corrected chi connectivity index (χ3v) is 4.82. The second-order valence-corrected chi connectivity index (χ2v) is 7.06. The summed E-state index contributed by atoms with van der Waals surface area (Å²) in [6.07, 6.45) is 13.3. The van der Waals surface area contributed by atoms with Crippen LogP contribution in [0.25, 0.3) is 11.1 Å². The molecule has 0 aromatic heterocycles. The maximum Gasteiger partial charge on any atom is 0.248 e. The number of ketones is 1. The van der Waals surface area contributed by atoms with Crippen LogP contribution in [0, 0.1) is 0 Å². The van der Waals surface area contributed by atoms with Gasteiger partial charge in [0.2, 0.25) is 5.91 Å². The molecule has 2 aromatic carbocycles. The van der Waals surface area contributed by atoms with Gasteiger partial charge in [-0.05, 0) is 36.5 Å². The predicted molar refractivity (Wildman–Crippen MR) is 133 cm³/mol. The van der Waals surface area contributed by atoms with Gasteiger partial charge in [0.1, 0.15) is 0 Å². The first kappa shape index (κ1) is 24.6. The Balaban J connectivity index is 0.00000176. The summed E-state index contributed by atoms with van der Waals surface area (Å²) >= 11 is 0. The van der Waals surface area contributed by atoms with Gasteiger partial charge in [-0.15, -0.1) is 0 Å². The fraction of sp³-hybridized carbons (Fsp3) is 0.214. The SMILES string of the molecule is CC.NC1=C(NC(=O)/C=C/C=C/CCC(=O)c2ccc(-c3ccccc3)cc2)C=CCC1. The Morgan fingerprint density at radius 3 is 2.34 bits per heavy atom. The van der Waals surface area contributed by atoms with E-state index in [0.29, 0.717) is 29.8 Å². The Bertz CT molecular complexity index is 997. The van der Waals surface area contributed by atoms with E-state index in [9.17, 15) is 9.59 Å². The minimum absolute atomic E-state index is 0.104. The van der Waals surface area contributed by atoms with Crippen molar-refractivity contribution in [2.45, 2.75) is 39.5 Å². The van der Waals surface area contributed by atoms with Crippen LogP contribution in [-0.2, 0) is 4.79 Å². The molecular weight excluding hydrogens is 396 g/mol. The first-order chi connectivity index (χ1) is 15.6. The highest BCUT2D eigenvalue weighted by Gasteiger charge is 2.07. The lowest BCUT2D eigenvalue weighted by Crippen LogP contribution is -2.23.